The molecule has 0 saturated carbocycles. The van der Waals surface area contributed by atoms with E-state index in [-0.39, 0.29) is 5.75 Å². The highest BCUT2D eigenvalue weighted by Crippen LogP contribution is 2.29. The summed E-state index contributed by atoms with van der Waals surface area (Å²) < 4.78 is 0. The zero-order chi connectivity index (χ0) is 13.0. The summed E-state index contributed by atoms with van der Waals surface area (Å²) in [6.45, 7) is 3.23. The molecule has 0 radical (unpaired) electrons. The lowest BCUT2D eigenvalue weighted by Crippen LogP contribution is -2.19. The molecule has 94 valence electrons. The molecule has 18 heavy (non-hydrogen) atoms. The number of phenols is 1. The predicted octanol–water partition coefficient (Wildman–Crippen LogP) is 2.40. The first-order valence-electron chi connectivity index (χ1n) is 5.96. The van der Waals surface area contributed by atoms with Crippen LogP contribution in [0, 0.1) is 0 Å². The minimum Gasteiger partial charge on any atom is -0.508 e. The monoisotopic (exact) mass is 243 g/mol. The third kappa shape index (κ3) is 2.43. The van der Waals surface area contributed by atoms with E-state index in [1.165, 1.54) is 0 Å². The molecule has 0 aliphatic carbocycles. The molecule has 0 saturated heterocycles. The molecule has 4 heteroatoms. The quantitative estimate of drug-likeness (QED) is 0.865. The van der Waals surface area contributed by atoms with Crippen LogP contribution in [-0.2, 0) is 6.54 Å². The van der Waals surface area contributed by atoms with Gasteiger partial charge in [0.1, 0.15) is 5.75 Å². The van der Waals surface area contributed by atoms with Crippen molar-refractivity contribution in [3.63, 3.8) is 0 Å². The number of anilines is 2. The molecule has 0 aliphatic heterocycles. The van der Waals surface area contributed by atoms with Gasteiger partial charge in [0.25, 0.3) is 0 Å². The van der Waals surface area contributed by atoms with E-state index in [0.717, 1.165) is 23.6 Å². The number of phenolic OH excluding ortho intramolecular Hbond substituents is 1. The van der Waals surface area contributed by atoms with Gasteiger partial charge < -0.3 is 15.7 Å². The van der Waals surface area contributed by atoms with Crippen LogP contribution in [0.5, 0.6) is 5.75 Å². The fourth-order valence-corrected chi connectivity index (χ4v) is 1.99. The van der Waals surface area contributed by atoms with E-state index >= 15 is 0 Å². The van der Waals surface area contributed by atoms with Gasteiger partial charge in [-0.05, 0) is 31.2 Å². The summed E-state index contributed by atoms with van der Waals surface area (Å²) >= 11 is 0. The summed E-state index contributed by atoms with van der Waals surface area (Å²) in [4.78, 5) is 6.36. The summed E-state index contributed by atoms with van der Waals surface area (Å²) in [5.41, 5.74) is 8.47. The molecular formula is C14H17N3O. The number of nitrogens with two attached hydrogens (primary N) is 1. The van der Waals surface area contributed by atoms with E-state index in [4.69, 9.17) is 5.73 Å². The van der Waals surface area contributed by atoms with Gasteiger partial charge in [-0.3, -0.25) is 4.98 Å². The fraction of sp³-hybridized carbons (Fsp3) is 0.214. The summed E-state index contributed by atoms with van der Waals surface area (Å²) in [5, 5.41) is 9.56. The molecule has 1 aromatic carbocycles. The number of aromatic hydroxyl groups is 1. The Morgan fingerprint density at radius 2 is 2.11 bits per heavy atom. The summed E-state index contributed by atoms with van der Waals surface area (Å²) in [7, 11) is 0. The maximum atomic E-state index is 9.56. The molecule has 2 rings (SSSR count). The molecule has 3 N–H and O–H groups in total. The first kappa shape index (κ1) is 12.4. The number of hydrogen-bond acceptors (Lipinski definition) is 4. The summed E-state index contributed by atoms with van der Waals surface area (Å²) in [5.74, 6) is 0.254. The lowest BCUT2D eigenvalue weighted by atomic mass is 10.2. The number of aromatic nitrogens is 1. The van der Waals surface area contributed by atoms with Crippen LogP contribution >= 0.6 is 0 Å². The number of benzene rings is 1. The highest BCUT2D eigenvalue weighted by Gasteiger charge is 2.11. The van der Waals surface area contributed by atoms with Crippen molar-refractivity contribution in [2.24, 2.45) is 5.73 Å². The molecular weight excluding hydrogens is 226 g/mol. The molecule has 0 aliphatic rings. The molecule has 2 aromatic rings. The van der Waals surface area contributed by atoms with Gasteiger partial charge in [0.15, 0.2) is 0 Å². The lowest BCUT2D eigenvalue weighted by Gasteiger charge is -2.25. The van der Waals surface area contributed by atoms with Crippen LogP contribution in [0.15, 0.2) is 42.6 Å². The van der Waals surface area contributed by atoms with Crippen molar-refractivity contribution >= 4 is 11.4 Å². The van der Waals surface area contributed by atoms with Crippen molar-refractivity contribution < 1.29 is 5.11 Å². The van der Waals surface area contributed by atoms with Gasteiger partial charge in [0.05, 0.1) is 11.4 Å². The van der Waals surface area contributed by atoms with Gasteiger partial charge in [-0.2, -0.15) is 0 Å². The first-order chi connectivity index (χ1) is 8.76. The Bertz CT molecular complexity index is 528. The molecule has 0 atom stereocenters. The molecule has 1 heterocycles. The Morgan fingerprint density at radius 3 is 2.78 bits per heavy atom. The average Bonchev–Trinajstić information content (AvgIpc) is 2.40. The minimum absolute atomic E-state index is 0.254. The molecule has 1 aromatic heterocycles. The Kier molecular flexibility index (Phi) is 3.79. The van der Waals surface area contributed by atoms with E-state index in [2.05, 4.69) is 16.8 Å². The predicted molar refractivity (Wildman–Crippen MR) is 72.9 cm³/mol. The maximum absolute atomic E-state index is 9.56. The summed E-state index contributed by atoms with van der Waals surface area (Å²) in [6, 6.07) is 11.0. The van der Waals surface area contributed by atoms with Gasteiger partial charge in [-0.15, -0.1) is 0 Å². The van der Waals surface area contributed by atoms with Crippen molar-refractivity contribution in [3.05, 3.63) is 48.3 Å². The zero-order valence-electron chi connectivity index (χ0n) is 10.4. The van der Waals surface area contributed by atoms with E-state index in [0.29, 0.717) is 6.54 Å². The van der Waals surface area contributed by atoms with Crippen molar-refractivity contribution in [1.82, 2.24) is 4.98 Å². The topological polar surface area (TPSA) is 62.4 Å². The van der Waals surface area contributed by atoms with Crippen molar-refractivity contribution in [2.45, 2.75) is 13.5 Å². The number of pyridine rings is 1. The van der Waals surface area contributed by atoms with Crippen LogP contribution < -0.4 is 10.6 Å². The van der Waals surface area contributed by atoms with E-state index in [1.807, 2.05) is 24.3 Å². The SMILES string of the molecule is CCN(c1cccc(O)c1)c1cccnc1CN. The minimum atomic E-state index is 0.254. The third-order valence-corrected chi connectivity index (χ3v) is 2.81. The van der Waals surface area contributed by atoms with E-state index in [1.54, 1.807) is 18.3 Å². The average molecular weight is 243 g/mol. The Balaban J connectivity index is 2.45. The second-order valence-electron chi connectivity index (χ2n) is 3.94. The first-order valence-corrected chi connectivity index (χ1v) is 5.96. The molecule has 0 amide bonds. The van der Waals surface area contributed by atoms with Crippen molar-refractivity contribution in [1.29, 1.82) is 0 Å². The summed E-state index contributed by atoms with van der Waals surface area (Å²) in [6.07, 6.45) is 1.74. The second kappa shape index (κ2) is 5.51. The second-order valence-corrected chi connectivity index (χ2v) is 3.94. The third-order valence-electron chi connectivity index (χ3n) is 2.81. The molecule has 0 unspecified atom stereocenters. The normalized spacial score (nSPS) is 10.3. The van der Waals surface area contributed by atoms with Crippen LogP contribution in [-0.4, -0.2) is 16.6 Å². The van der Waals surface area contributed by atoms with E-state index in [9.17, 15) is 5.11 Å². The van der Waals surface area contributed by atoms with Gasteiger partial charge in [-0.1, -0.05) is 6.07 Å². The van der Waals surface area contributed by atoms with Crippen molar-refractivity contribution in [3.8, 4) is 5.75 Å². The van der Waals surface area contributed by atoms with Crippen LogP contribution in [0.25, 0.3) is 0 Å². The Morgan fingerprint density at radius 1 is 1.28 bits per heavy atom. The maximum Gasteiger partial charge on any atom is 0.117 e. The van der Waals surface area contributed by atoms with Gasteiger partial charge in [0.2, 0.25) is 0 Å². The zero-order valence-corrected chi connectivity index (χ0v) is 10.4. The van der Waals surface area contributed by atoms with Crippen LogP contribution in [0.3, 0.4) is 0 Å². The highest BCUT2D eigenvalue weighted by atomic mass is 16.3. The van der Waals surface area contributed by atoms with Gasteiger partial charge >= 0.3 is 0 Å². The number of hydrogen-bond donors (Lipinski definition) is 2. The van der Waals surface area contributed by atoms with E-state index < -0.39 is 0 Å². The fourth-order valence-electron chi connectivity index (χ4n) is 1.99. The molecule has 0 bridgehead atoms. The van der Waals surface area contributed by atoms with Gasteiger partial charge in [-0.25, -0.2) is 0 Å². The largest absolute Gasteiger partial charge is 0.508 e. The van der Waals surface area contributed by atoms with Crippen LogP contribution in [0.4, 0.5) is 11.4 Å². The molecule has 0 spiro atoms. The Hall–Kier alpha value is -2.07. The van der Waals surface area contributed by atoms with Gasteiger partial charge in [0, 0.05) is 31.0 Å². The number of nitrogens with zero attached hydrogens (tertiary/aromatic N) is 2. The van der Waals surface area contributed by atoms with Crippen LogP contribution in [0.2, 0.25) is 0 Å². The van der Waals surface area contributed by atoms with Crippen LogP contribution in [0.1, 0.15) is 12.6 Å². The highest BCUT2D eigenvalue weighted by molar-refractivity contribution is 5.66. The number of rotatable bonds is 4. The standard InChI is InChI=1S/C14H17N3O/c1-2-17(11-5-3-6-12(18)9-11)14-7-4-8-16-13(14)10-15/h3-9,18H,2,10,15H2,1H3. The molecule has 4 nitrogen and oxygen atoms in total. The smallest absolute Gasteiger partial charge is 0.117 e. The lowest BCUT2D eigenvalue weighted by molar-refractivity contribution is 0.475. The van der Waals surface area contributed by atoms with Crippen molar-refractivity contribution in [2.75, 3.05) is 11.4 Å². The molecule has 0 fully saturated rings. The Labute approximate surface area is 107 Å².